The van der Waals surface area contributed by atoms with E-state index in [0.29, 0.717) is 11.4 Å². The van der Waals surface area contributed by atoms with Crippen LogP contribution in [0.15, 0.2) is 18.2 Å². The Bertz CT molecular complexity index is 679. The number of aromatic nitrogens is 2. The summed E-state index contributed by atoms with van der Waals surface area (Å²) in [5.41, 5.74) is 2.41. The summed E-state index contributed by atoms with van der Waals surface area (Å²) < 4.78 is 2.15. The van der Waals surface area contributed by atoms with Gasteiger partial charge in [-0.2, -0.15) is 5.26 Å². The summed E-state index contributed by atoms with van der Waals surface area (Å²) in [5, 5.41) is 9.22. The molecule has 0 fully saturated rings. The van der Waals surface area contributed by atoms with Gasteiger partial charge in [0.15, 0.2) is 0 Å². The lowest BCUT2D eigenvalue weighted by molar-refractivity contribution is 0.212. The van der Waals surface area contributed by atoms with E-state index in [9.17, 15) is 5.26 Å². The summed E-state index contributed by atoms with van der Waals surface area (Å²) in [6.07, 6.45) is 0. The zero-order chi connectivity index (χ0) is 15.6. The van der Waals surface area contributed by atoms with Gasteiger partial charge >= 0.3 is 0 Å². The van der Waals surface area contributed by atoms with Gasteiger partial charge in [0.25, 0.3) is 0 Å². The zero-order valence-corrected chi connectivity index (χ0v) is 13.8. The number of alkyl halides is 1. The average Bonchev–Trinajstić information content (AvgIpc) is 2.74. The van der Waals surface area contributed by atoms with Crippen LogP contribution in [0.2, 0.25) is 0 Å². The van der Waals surface area contributed by atoms with Crippen molar-refractivity contribution in [1.29, 1.82) is 5.26 Å². The minimum absolute atomic E-state index is 0.0839. The Kier molecular flexibility index (Phi) is 4.55. The molecule has 5 heteroatoms. The molecule has 0 aliphatic heterocycles. The van der Waals surface area contributed by atoms with Gasteiger partial charge in [-0.15, -0.1) is 11.6 Å². The van der Waals surface area contributed by atoms with Crippen LogP contribution in [-0.4, -0.2) is 35.1 Å². The third-order valence-electron chi connectivity index (χ3n) is 3.43. The van der Waals surface area contributed by atoms with Crippen molar-refractivity contribution in [2.24, 2.45) is 5.41 Å². The molecule has 1 heterocycles. The molecule has 1 aromatic carbocycles. The van der Waals surface area contributed by atoms with Crippen molar-refractivity contribution >= 4 is 22.6 Å². The Balaban J connectivity index is 2.50. The summed E-state index contributed by atoms with van der Waals surface area (Å²) >= 11 is 6.06. The van der Waals surface area contributed by atoms with E-state index in [4.69, 9.17) is 11.6 Å². The lowest BCUT2D eigenvalue weighted by Gasteiger charge is -2.29. The van der Waals surface area contributed by atoms with E-state index < -0.39 is 0 Å². The number of imidazole rings is 1. The van der Waals surface area contributed by atoms with E-state index in [-0.39, 0.29) is 5.41 Å². The maximum Gasteiger partial charge on any atom is 0.124 e. The highest BCUT2D eigenvalue weighted by Crippen LogP contribution is 2.26. The van der Waals surface area contributed by atoms with Crippen molar-refractivity contribution < 1.29 is 0 Å². The molecule has 0 N–H and O–H groups in total. The van der Waals surface area contributed by atoms with Crippen molar-refractivity contribution in [3.05, 3.63) is 29.6 Å². The lowest BCUT2D eigenvalue weighted by atomic mass is 9.92. The van der Waals surface area contributed by atoms with Gasteiger partial charge < -0.3 is 9.47 Å². The zero-order valence-electron chi connectivity index (χ0n) is 13.0. The Morgan fingerprint density at radius 3 is 2.67 bits per heavy atom. The van der Waals surface area contributed by atoms with Gasteiger partial charge in [-0.3, -0.25) is 0 Å². The second-order valence-electron chi connectivity index (χ2n) is 6.43. The van der Waals surface area contributed by atoms with E-state index in [2.05, 4.69) is 48.5 Å². The number of hydrogen-bond acceptors (Lipinski definition) is 3. The first-order valence-corrected chi connectivity index (χ1v) is 7.50. The molecule has 0 bridgehead atoms. The number of fused-ring (bicyclic) bond motifs is 1. The van der Waals surface area contributed by atoms with Crippen LogP contribution in [0, 0.1) is 16.7 Å². The number of hydrogen-bond donors (Lipinski definition) is 0. The quantitative estimate of drug-likeness (QED) is 0.797. The van der Waals surface area contributed by atoms with Crippen molar-refractivity contribution in [2.75, 3.05) is 20.6 Å². The number of benzene rings is 1. The van der Waals surface area contributed by atoms with Crippen LogP contribution in [0.4, 0.5) is 0 Å². The van der Waals surface area contributed by atoms with E-state index in [0.717, 1.165) is 29.9 Å². The average molecular weight is 305 g/mol. The predicted molar refractivity (Wildman–Crippen MR) is 86.3 cm³/mol. The third kappa shape index (κ3) is 3.37. The molecule has 112 valence electrons. The van der Waals surface area contributed by atoms with Crippen molar-refractivity contribution in [2.45, 2.75) is 26.3 Å². The Labute approximate surface area is 130 Å². The highest BCUT2D eigenvalue weighted by molar-refractivity contribution is 6.16. The molecule has 0 saturated carbocycles. The van der Waals surface area contributed by atoms with Gasteiger partial charge in [0, 0.05) is 13.1 Å². The van der Waals surface area contributed by atoms with Crippen LogP contribution in [0.25, 0.3) is 11.0 Å². The summed E-state index contributed by atoms with van der Waals surface area (Å²) in [4.78, 5) is 6.74. The first-order valence-electron chi connectivity index (χ1n) is 6.97. The second-order valence-corrected chi connectivity index (χ2v) is 6.70. The molecular formula is C16H21ClN4. The monoisotopic (exact) mass is 304 g/mol. The molecule has 2 rings (SSSR count). The highest BCUT2D eigenvalue weighted by Gasteiger charge is 2.23. The molecular weight excluding hydrogens is 284 g/mol. The Hall–Kier alpha value is -1.57. The van der Waals surface area contributed by atoms with Gasteiger partial charge in [-0.1, -0.05) is 19.9 Å². The molecule has 0 aliphatic carbocycles. The van der Waals surface area contributed by atoms with Gasteiger partial charge in [-0.25, -0.2) is 4.98 Å². The minimum atomic E-state index is 0.0839. The lowest BCUT2D eigenvalue weighted by Crippen LogP contribution is -2.32. The third-order valence-corrected chi connectivity index (χ3v) is 3.67. The molecule has 21 heavy (non-hydrogen) atoms. The number of rotatable bonds is 5. The number of nitrogens with zero attached hydrogens (tertiary/aromatic N) is 4. The second kappa shape index (κ2) is 6.05. The van der Waals surface area contributed by atoms with Gasteiger partial charge in [0.05, 0.1) is 17.0 Å². The summed E-state index contributed by atoms with van der Waals surface area (Å²) in [6.45, 7) is 6.24. The van der Waals surface area contributed by atoms with Gasteiger partial charge in [-0.05, 0) is 31.6 Å². The Morgan fingerprint density at radius 2 is 2.10 bits per heavy atom. The van der Waals surface area contributed by atoms with Gasteiger partial charge in [0.1, 0.15) is 17.4 Å². The number of halogens is 1. The standard InChI is InChI=1S/C16H21ClN4/c1-16(2,10-20(3)4)11-21-13-7-5-6-12(9-18)15(13)19-14(21)8-17/h5-7H,8,10-11H2,1-4H3. The van der Waals surface area contributed by atoms with Crippen LogP contribution in [-0.2, 0) is 12.4 Å². The molecule has 0 amide bonds. The molecule has 0 saturated heterocycles. The van der Waals surface area contributed by atoms with E-state index in [1.165, 1.54) is 0 Å². The molecule has 0 spiro atoms. The van der Waals surface area contributed by atoms with E-state index in [1.54, 1.807) is 6.07 Å². The van der Waals surface area contributed by atoms with Crippen LogP contribution in [0.5, 0.6) is 0 Å². The molecule has 1 aromatic heterocycles. The normalized spacial score (nSPS) is 12.0. The first kappa shape index (κ1) is 15.8. The van der Waals surface area contributed by atoms with E-state index in [1.807, 2.05) is 12.1 Å². The number of para-hydroxylation sites is 1. The SMILES string of the molecule is CN(C)CC(C)(C)Cn1c(CCl)nc2c(C#N)cccc21. The predicted octanol–water partition coefficient (Wildman–Crippen LogP) is 3.23. The molecule has 0 unspecified atom stereocenters. The van der Waals surface area contributed by atoms with E-state index >= 15 is 0 Å². The fourth-order valence-electron chi connectivity index (χ4n) is 2.90. The van der Waals surface area contributed by atoms with Crippen molar-refractivity contribution in [3.8, 4) is 6.07 Å². The molecule has 0 atom stereocenters. The number of nitriles is 1. The maximum absolute atomic E-state index is 9.22. The summed E-state index contributed by atoms with van der Waals surface area (Å²) in [7, 11) is 4.15. The Morgan fingerprint density at radius 1 is 1.38 bits per heavy atom. The molecule has 0 radical (unpaired) electrons. The topological polar surface area (TPSA) is 44.9 Å². The maximum atomic E-state index is 9.22. The van der Waals surface area contributed by atoms with Crippen LogP contribution in [0.3, 0.4) is 0 Å². The summed E-state index contributed by atoms with van der Waals surface area (Å²) in [5.74, 6) is 1.17. The highest BCUT2D eigenvalue weighted by atomic mass is 35.5. The first-order chi connectivity index (χ1) is 9.88. The minimum Gasteiger partial charge on any atom is -0.326 e. The largest absolute Gasteiger partial charge is 0.326 e. The molecule has 2 aromatic rings. The van der Waals surface area contributed by atoms with Crippen molar-refractivity contribution in [1.82, 2.24) is 14.5 Å². The van der Waals surface area contributed by atoms with Crippen LogP contribution in [0.1, 0.15) is 25.2 Å². The van der Waals surface area contributed by atoms with Gasteiger partial charge in [0.2, 0.25) is 0 Å². The van der Waals surface area contributed by atoms with Crippen LogP contribution < -0.4 is 0 Å². The molecule has 4 nitrogen and oxygen atoms in total. The fourth-order valence-corrected chi connectivity index (χ4v) is 3.10. The summed E-state index contributed by atoms with van der Waals surface area (Å²) in [6, 6.07) is 7.90. The van der Waals surface area contributed by atoms with Crippen LogP contribution >= 0.6 is 11.6 Å². The fraction of sp³-hybridized carbons (Fsp3) is 0.500. The molecule has 0 aliphatic rings. The smallest absolute Gasteiger partial charge is 0.124 e. The van der Waals surface area contributed by atoms with Crippen molar-refractivity contribution in [3.63, 3.8) is 0 Å².